The lowest BCUT2D eigenvalue weighted by molar-refractivity contribution is 0.757. The van der Waals surface area contributed by atoms with Gasteiger partial charge in [0.05, 0.1) is 27.8 Å². The van der Waals surface area contributed by atoms with E-state index in [0.29, 0.717) is 0 Å². The average molecular weight is 376 g/mol. The summed E-state index contributed by atoms with van der Waals surface area (Å²) in [6.45, 7) is 0. The van der Waals surface area contributed by atoms with Gasteiger partial charge in [-0.25, -0.2) is 9.97 Å². The van der Waals surface area contributed by atoms with Gasteiger partial charge >= 0.3 is 0 Å². The van der Waals surface area contributed by atoms with E-state index in [1.165, 1.54) is 21.6 Å². The average Bonchev–Trinajstić information content (AvgIpc) is 3.38. The predicted octanol–water partition coefficient (Wildman–Crippen LogP) is 6.05. The Hall–Kier alpha value is -3.30. The highest BCUT2D eigenvalue weighted by atomic mass is 32.1. The molecule has 0 radical (unpaired) electrons. The van der Waals surface area contributed by atoms with Gasteiger partial charge in [-0.15, -0.1) is 11.3 Å². The topological polar surface area (TPSA) is 25.8 Å². The summed E-state index contributed by atoms with van der Waals surface area (Å²) in [5.41, 5.74) is 7.12. The Morgan fingerprint density at radius 2 is 1.36 bits per heavy atom. The first-order valence-electron chi connectivity index (χ1n) is 9.35. The maximum Gasteiger partial charge on any atom is 0.0995 e. The van der Waals surface area contributed by atoms with E-state index >= 15 is 0 Å². The first kappa shape index (κ1) is 15.7. The lowest BCUT2D eigenvalue weighted by Gasteiger charge is -2.30. The minimum atomic E-state index is -0.432. The van der Waals surface area contributed by atoms with Crippen LogP contribution in [0.2, 0.25) is 0 Å². The highest BCUT2D eigenvalue weighted by Gasteiger charge is 2.49. The summed E-state index contributed by atoms with van der Waals surface area (Å²) in [5.74, 6) is 0. The number of thiophene rings is 1. The molecule has 0 saturated heterocycles. The fourth-order valence-electron chi connectivity index (χ4n) is 4.46. The molecule has 0 amide bonds. The zero-order chi connectivity index (χ0) is 18.6. The van der Waals surface area contributed by atoms with Gasteiger partial charge < -0.3 is 0 Å². The maximum absolute atomic E-state index is 5.20. The Morgan fingerprint density at radius 3 is 2.14 bits per heavy atom. The third-order valence-electron chi connectivity index (χ3n) is 5.61. The van der Waals surface area contributed by atoms with Gasteiger partial charge in [-0.1, -0.05) is 72.8 Å². The first-order chi connectivity index (χ1) is 13.9. The molecule has 0 aliphatic heterocycles. The van der Waals surface area contributed by atoms with Crippen molar-refractivity contribution < 1.29 is 0 Å². The van der Waals surface area contributed by atoms with Crippen molar-refractivity contribution in [2.45, 2.75) is 5.41 Å². The zero-order valence-corrected chi connectivity index (χ0v) is 15.9. The van der Waals surface area contributed by atoms with Crippen LogP contribution in [0.4, 0.5) is 0 Å². The molecule has 0 fully saturated rings. The van der Waals surface area contributed by atoms with Crippen LogP contribution in [-0.2, 0) is 5.41 Å². The molecule has 0 saturated carbocycles. The van der Waals surface area contributed by atoms with Crippen LogP contribution in [0, 0.1) is 0 Å². The van der Waals surface area contributed by atoms with Crippen molar-refractivity contribution in [3.8, 4) is 11.3 Å². The summed E-state index contributed by atoms with van der Waals surface area (Å²) in [7, 11) is 0. The van der Waals surface area contributed by atoms with Crippen molar-refractivity contribution in [2.24, 2.45) is 0 Å². The molecule has 132 valence electrons. The third kappa shape index (κ3) is 1.97. The normalized spacial score (nSPS) is 17.4. The van der Waals surface area contributed by atoms with Crippen LogP contribution in [0.1, 0.15) is 21.7 Å². The maximum atomic E-state index is 5.20. The van der Waals surface area contributed by atoms with Crippen molar-refractivity contribution in [2.75, 3.05) is 0 Å². The second-order valence-electron chi connectivity index (χ2n) is 7.05. The molecule has 1 aliphatic carbocycles. The molecule has 1 atom stereocenters. The Morgan fingerprint density at radius 1 is 0.643 bits per heavy atom. The summed E-state index contributed by atoms with van der Waals surface area (Å²) in [6.07, 6.45) is 0. The molecule has 3 aromatic carbocycles. The summed E-state index contributed by atoms with van der Waals surface area (Å²) >= 11 is 1.78. The van der Waals surface area contributed by atoms with Crippen molar-refractivity contribution in [1.29, 1.82) is 0 Å². The highest BCUT2D eigenvalue weighted by Crippen LogP contribution is 2.55. The van der Waals surface area contributed by atoms with Crippen LogP contribution in [-0.4, -0.2) is 9.97 Å². The van der Waals surface area contributed by atoms with Gasteiger partial charge in [0.2, 0.25) is 0 Å². The number of benzene rings is 3. The Kier molecular flexibility index (Phi) is 3.28. The van der Waals surface area contributed by atoms with Crippen LogP contribution in [0.25, 0.3) is 22.3 Å². The molecular formula is C25H16N2S. The monoisotopic (exact) mass is 376 g/mol. The summed E-state index contributed by atoms with van der Waals surface area (Å²) in [4.78, 5) is 11.5. The molecule has 2 aromatic heterocycles. The highest BCUT2D eigenvalue weighted by molar-refractivity contribution is 7.10. The van der Waals surface area contributed by atoms with Crippen LogP contribution >= 0.6 is 11.3 Å². The molecule has 6 rings (SSSR count). The van der Waals surface area contributed by atoms with Gasteiger partial charge in [0.25, 0.3) is 0 Å². The lowest BCUT2D eigenvalue weighted by Crippen LogP contribution is -2.28. The second-order valence-corrected chi connectivity index (χ2v) is 8.00. The van der Waals surface area contributed by atoms with E-state index in [2.05, 4.69) is 78.2 Å². The number of hydrogen-bond donors (Lipinski definition) is 0. The Bertz CT molecular complexity index is 1310. The number of aromatic nitrogens is 2. The van der Waals surface area contributed by atoms with Crippen molar-refractivity contribution in [3.63, 3.8) is 0 Å². The molecule has 0 N–H and O–H groups in total. The molecule has 0 bridgehead atoms. The summed E-state index contributed by atoms with van der Waals surface area (Å²) in [5, 5.41) is 2.15. The van der Waals surface area contributed by atoms with Gasteiger partial charge in [-0.05, 0) is 34.7 Å². The van der Waals surface area contributed by atoms with E-state index in [-0.39, 0.29) is 0 Å². The fourth-order valence-corrected chi connectivity index (χ4v) is 5.42. The quantitative estimate of drug-likeness (QED) is 0.367. The molecule has 3 heteroatoms. The molecule has 2 heterocycles. The number of fused-ring (bicyclic) bond motifs is 4. The molecule has 1 aliphatic rings. The van der Waals surface area contributed by atoms with Crippen LogP contribution in [0.5, 0.6) is 0 Å². The lowest BCUT2D eigenvalue weighted by atomic mass is 9.73. The first-order valence-corrected chi connectivity index (χ1v) is 10.2. The number of nitrogens with zero attached hydrogens (tertiary/aromatic N) is 2. The van der Waals surface area contributed by atoms with E-state index < -0.39 is 5.41 Å². The van der Waals surface area contributed by atoms with Gasteiger partial charge in [0.1, 0.15) is 0 Å². The van der Waals surface area contributed by atoms with Crippen LogP contribution < -0.4 is 0 Å². The number of hydrogen-bond acceptors (Lipinski definition) is 3. The van der Waals surface area contributed by atoms with Gasteiger partial charge in [0.15, 0.2) is 0 Å². The van der Waals surface area contributed by atoms with Gasteiger partial charge in [0, 0.05) is 10.4 Å². The SMILES string of the molecule is c1ccc(C2(c3cccs3)c3ccccc3-c3nc4ccccc4nc32)cc1. The van der Waals surface area contributed by atoms with Crippen molar-refractivity contribution in [1.82, 2.24) is 9.97 Å². The van der Waals surface area contributed by atoms with E-state index in [9.17, 15) is 0 Å². The Balaban J connectivity index is 1.83. The van der Waals surface area contributed by atoms with Crippen LogP contribution in [0.15, 0.2) is 96.4 Å². The van der Waals surface area contributed by atoms with E-state index in [1.807, 2.05) is 18.2 Å². The molecule has 2 nitrogen and oxygen atoms in total. The van der Waals surface area contributed by atoms with Gasteiger partial charge in [-0.2, -0.15) is 0 Å². The standard InChI is InChI=1S/C25H16N2S/c1-2-9-17(10-3-1)25(22-15-8-16-28-22)19-12-5-4-11-18(19)23-24(25)27-21-14-7-6-13-20(21)26-23/h1-16H. The Labute approximate surface area is 167 Å². The fraction of sp³-hybridized carbons (Fsp3) is 0.0400. The van der Waals surface area contributed by atoms with Gasteiger partial charge in [-0.3, -0.25) is 0 Å². The number of rotatable bonds is 2. The molecule has 5 aromatic rings. The van der Waals surface area contributed by atoms with E-state index in [4.69, 9.17) is 9.97 Å². The smallest absolute Gasteiger partial charge is 0.0995 e. The molecular weight excluding hydrogens is 360 g/mol. The van der Waals surface area contributed by atoms with E-state index in [0.717, 1.165) is 22.4 Å². The summed E-state index contributed by atoms with van der Waals surface area (Å²) < 4.78 is 0. The predicted molar refractivity (Wildman–Crippen MR) is 115 cm³/mol. The van der Waals surface area contributed by atoms with Crippen molar-refractivity contribution >= 4 is 22.4 Å². The minimum Gasteiger partial charge on any atom is -0.247 e. The second kappa shape index (κ2) is 5.85. The van der Waals surface area contributed by atoms with Crippen molar-refractivity contribution in [3.05, 3.63) is 118 Å². The summed E-state index contributed by atoms with van der Waals surface area (Å²) in [6, 6.07) is 31.8. The molecule has 0 spiro atoms. The molecule has 1 unspecified atom stereocenters. The third-order valence-corrected chi connectivity index (χ3v) is 6.60. The zero-order valence-electron chi connectivity index (χ0n) is 15.0. The largest absolute Gasteiger partial charge is 0.247 e. The minimum absolute atomic E-state index is 0.432. The number of para-hydroxylation sites is 2. The molecule has 28 heavy (non-hydrogen) atoms. The van der Waals surface area contributed by atoms with Crippen LogP contribution in [0.3, 0.4) is 0 Å². The van der Waals surface area contributed by atoms with E-state index in [1.54, 1.807) is 11.3 Å².